The van der Waals surface area contributed by atoms with Crippen molar-refractivity contribution in [3.63, 3.8) is 0 Å². The van der Waals surface area contributed by atoms with E-state index >= 15 is 0 Å². The second-order valence-electron chi connectivity index (χ2n) is 6.72. The molecule has 0 spiro atoms. The molecule has 1 aliphatic heterocycles. The average molecular weight is 304 g/mol. The van der Waals surface area contributed by atoms with Gasteiger partial charge in [-0.3, -0.25) is 0 Å². The van der Waals surface area contributed by atoms with E-state index in [-0.39, 0.29) is 5.88 Å². The summed E-state index contributed by atoms with van der Waals surface area (Å²) >= 11 is 0. The first-order valence-electron chi connectivity index (χ1n) is 7.14. The van der Waals surface area contributed by atoms with Crippen LogP contribution in [0.4, 0.5) is 0 Å². The number of hydrogen-bond donors (Lipinski definition) is 1. The predicted molar refractivity (Wildman–Crippen MR) is 91.2 cm³/mol. The highest BCUT2D eigenvalue weighted by atomic mass is 16.7. The molecule has 1 atom stereocenters. The lowest BCUT2D eigenvalue weighted by atomic mass is 9.35. The third-order valence-electron chi connectivity index (χ3n) is 4.18. The van der Waals surface area contributed by atoms with Gasteiger partial charge in [-0.15, -0.1) is 0 Å². The van der Waals surface area contributed by atoms with Crippen LogP contribution in [0.2, 0.25) is 5.11 Å². The smallest absolute Gasteiger partial charge is 0.457 e. The highest BCUT2D eigenvalue weighted by Gasteiger charge is 2.53. The van der Waals surface area contributed by atoms with Gasteiger partial charge in [0.25, 0.3) is 0 Å². The van der Waals surface area contributed by atoms with E-state index in [0.29, 0.717) is 5.46 Å². The Balaban J connectivity index is 2.33. The topological polar surface area (TPSA) is 60.8 Å². The molecule has 112 valence electrons. The van der Waals surface area contributed by atoms with Crippen LogP contribution in [0.15, 0.2) is 18.3 Å². The molecule has 0 aliphatic carbocycles. The molecule has 0 aromatic carbocycles. The predicted octanol–water partition coefficient (Wildman–Crippen LogP) is -0.847. The minimum atomic E-state index is -2.54. The van der Waals surface area contributed by atoms with Crippen molar-refractivity contribution in [1.82, 2.24) is 4.98 Å². The maximum atomic E-state index is 10.0. The molecule has 1 aromatic rings. The first-order chi connectivity index (χ1) is 10.3. The first kappa shape index (κ1) is 18.5. The molecule has 2 rings (SSSR count). The van der Waals surface area contributed by atoms with Gasteiger partial charge in [0, 0.05) is 11.7 Å². The Labute approximate surface area is 142 Å². The zero-order valence-corrected chi connectivity index (χ0v) is 13.7. The Morgan fingerprint density at radius 2 is 1.65 bits per heavy atom. The highest BCUT2D eigenvalue weighted by molar-refractivity contribution is 6.63. The van der Waals surface area contributed by atoms with Gasteiger partial charge in [-0.25, -0.2) is 4.98 Å². The first-order valence-corrected chi connectivity index (χ1v) is 7.14. The van der Waals surface area contributed by atoms with Crippen molar-refractivity contribution < 1.29 is 19.2 Å². The van der Waals surface area contributed by atoms with Crippen LogP contribution in [0, 0.1) is 0 Å². The van der Waals surface area contributed by atoms with Crippen LogP contribution in [0.3, 0.4) is 0 Å². The fourth-order valence-electron chi connectivity index (χ4n) is 1.87. The maximum absolute atomic E-state index is 10.0. The molecular weight excluding hydrogens is 288 g/mol. The van der Waals surface area contributed by atoms with Crippen LogP contribution in [0.1, 0.15) is 27.7 Å². The summed E-state index contributed by atoms with van der Waals surface area (Å²) in [7, 11) is 21.0. The number of hydrogen-bond acceptors (Lipinski definition) is 5. The van der Waals surface area contributed by atoms with E-state index in [1.165, 1.54) is 6.20 Å². The molecule has 0 amide bonds. The van der Waals surface area contributed by atoms with E-state index in [4.69, 9.17) is 45.4 Å². The third kappa shape index (κ3) is 3.49. The fourth-order valence-corrected chi connectivity index (χ4v) is 1.87. The van der Waals surface area contributed by atoms with Crippen molar-refractivity contribution in [3.8, 4) is 5.88 Å². The van der Waals surface area contributed by atoms with E-state index in [0.717, 1.165) is 0 Å². The van der Waals surface area contributed by atoms with E-state index in [1.807, 2.05) is 27.7 Å². The summed E-state index contributed by atoms with van der Waals surface area (Å²) in [6.45, 7) is 7.64. The molecule has 5 nitrogen and oxygen atoms in total. The summed E-state index contributed by atoms with van der Waals surface area (Å²) in [5.74, 6) is -0.0401. The Kier molecular flexibility index (Phi) is 4.51. The van der Waals surface area contributed by atoms with Crippen LogP contribution >= 0.6 is 0 Å². The Morgan fingerprint density at radius 1 is 1.13 bits per heavy atom. The van der Waals surface area contributed by atoms with Gasteiger partial charge in [0.2, 0.25) is 5.88 Å². The molecule has 1 N–H and O–H groups in total. The standard InChI is InChI=1S/C13H16B5NO4/c1-10(2)11(3,4)23-18(22-10)8-6-5-7-19-9(8)21-13(17,20)12(14,15)16/h5-7,20H,1-4H3. The normalized spacial score (nSPS) is 22.6. The Hall–Kier alpha value is -0.845. The van der Waals surface area contributed by atoms with Gasteiger partial charge in [0.05, 0.1) is 34.7 Å². The van der Waals surface area contributed by atoms with Gasteiger partial charge in [0.1, 0.15) is 5.69 Å². The minimum Gasteiger partial charge on any atom is -0.457 e. The Bertz CT molecular complexity index is 572. The molecule has 1 aromatic heterocycles. The molecule has 1 aliphatic rings. The Morgan fingerprint density at radius 3 is 2.13 bits per heavy atom. The highest BCUT2D eigenvalue weighted by Crippen LogP contribution is 2.37. The fraction of sp³-hybridized carbons (Fsp3) is 0.615. The molecule has 8 radical (unpaired) electrons. The van der Waals surface area contributed by atoms with E-state index in [9.17, 15) is 5.11 Å². The number of aliphatic hydroxyl groups is 1. The van der Waals surface area contributed by atoms with Crippen LogP contribution < -0.4 is 10.2 Å². The largest absolute Gasteiger partial charge is 0.500 e. The lowest BCUT2D eigenvalue weighted by Gasteiger charge is -2.39. The monoisotopic (exact) mass is 305 g/mol. The number of pyridine rings is 1. The second kappa shape index (κ2) is 5.61. The van der Waals surface area contributed by atoms with Crippen molar-refractivity contribution in [2.75, 3.05) is 0 Å². The van der Waals surface area contributed by atoms with Crippen molar-refractivity contribution in [2.24, 2.45) is 0 Å². The van der Waals surface area contributed by atoms with E-state index in [1.54, 1.807) is 12.1 Å². The number of nitrogens with zero attached hydrogens (tertiary/aromatic N) is 1. The summed E-state index contributed by atoms with van der Waals surface area (Å²) in [6.07, 6.45) is 1.45. The number of rotatable bonds is 4. The zero-order valence-electron chi connectivity index (χ0n) is 13.7. The second-order valence-corrected chi connectivity index (χ2v) is 6.72. The molecule has 0 bridgehead atoms. The summed E-state index contributed by atoms with van der Waals surface area (Å²) in [5, 5.41) is 7.84. The molecule has 1 unspecified atom stereocenters. The van der Waals surface area contributed by atoms with E-state index in [2.05, 4.69) is 4.98 Å². The van der Waals surface area contributed by atoms with Crippen LogP contribution in [0.5, 0.6) is 5.88 Å². The maximum Gasteiger partial charge on any atom is 0.500 e. The molecular formula is C13H16B5NO4. The van der Waals surface area contributed by atoms with Gasteiger partial charge in [-0.05, 0) is 33.8 Å². The number of ether oxygens (including phenoxy) is 1. The van der Waals surface area contributed by atoms with Gasteiger partial charge in [-0.2, -0.15) is 0 Å². The number of aromatic nitrogens is 1. The van der Waals surface area contributed by atoms with Gasteiger partial charge >= 0.3 is 7.12 Å². The lowest BCUT2D eigenvalue weighted by Crippen LogP contribution is -2.51. The van der Waals surface area contributed by atoms with Crippen LogP contribution in [-0.4, -0.2) is 65.5 Å². The van der Waals surface area contributed by atoms with Gasteiger partial charge in [0.15, 0.2) is 7.85 Å². The SMILES string of the molecule is [B]C([B])([B])C([B])(O)Oc1ncccc1B1OC(C)(C)C(C)(C)O1. The van der Waals surface area contributed by atoms with Gasteiger partial charge < -0.3 is 19.2 Å². The van der Waals surface area contributed by atoms with Crippen molar-refractivity contribution in [2.45, 2.75) is 49.7 Å². The molecule has 23 heavy (non-hydrogen) atoms. The van der Waals surface area contributed by atoms with Crippen molar-refractivity contribution in [3.05, 3.63) is 18.3 Å². The van der Waals surface area contributed by atoms with Crippen LogP contribution in [0.25, 0.3) is 0 Å². The lowest BCUT2D eigenvalue weighted by molar-refractivity contribution is -0.0625. The summed E-state index contributed by atoms with van der Waals surface area (Å²) in [4.78, 5) is 4.03. The third-order valence-corrected chi connectivity index (χ3v) is 4.18. The quantitative estimate of drug-likeness (QED) is 0.580. The summed E-state index contributed by atoms with van der Waals surface area (Å²) in [6, 6.07) is 3.34. The summed E-state index contributed by atoms with van der Waals surface area (Å²) < 4.78 is 17.1. The van der Waals surface area contributed by atoms with Gasteiger partial charge in [-0.1, -0.05) is 11.2 Å². The van der Waals surface area contributed by atoms with E-state index < -0.39 is 29.1 Å². The minimum absolute atomic E-state index is 0.0401. The van der Waals surface area contributed by atoms with Crippen LogP contribution in [-0.2, 0) is 9.31 Å². The zero-order chi connectivity index (χ0) is 17.7. The average Bonchev–Trinajstić information content (AvgIpc) is 2.57. The molecule has 0 saturated carbocycles. The molecule has 10 heteroatoms. The molecule has 1 saturated heterocycles. The van der Waals surface area contributed by atoms with Crippen molar-refractivity contribution in [1.29, 1.82) is 0 Å². The molecule has 2 heterocycles. The van der Waals surface area contributed by atoms with Crippen molar-refractivity contribution >= 4 is 44.0 Å². The summed E-state index contributed by atoms with van der Waals surface area (Å²) in [5.41, 5.74) is -3.22. The molecule has 1 fully saturated rings.